The number of nitrogen functional groups attached to an aromatic ring is 1. The Morgan fingerprint density at radius 3 is 2.53 bits per heavy atom. The van der Waals surface area contributed by atoms with Crippen molar-refractivity contribution < 1.29 is 18.3 Å². The molecular weight excluding hydrogens is 259 g/mol. The van der Waals surface area contributed by atoms with Gasteiger partial charge in [-0.2, -0.15) is 13.2 Å². The molecule has 1 aromatic heterocycles. The summed E-state index contributed by atoms with van der Waals surface area (Å²) in [4.78, 5) is 3.77. The fraction of sp³-hybridized carbons (Fsp3) is 0.583. The first kappa shape index (κ1) is 15.6. The summed E-state index contributed by atoms with van der Waals surface area (Å²) in [6.07, 6.45) is -3.17. The molecule has 0 saturated carbocycles. The van der Waals surface area contributed by atoms with Crippen molar-refractivity contribution in [2.75, 3.05) is 17.6 Å². The second-order valence-corrected chi connectivity index (χ2v) is 4.76. The first-order valence-corrected chi connectivity index (χ1v) is 5.95. The van der Waals surface area contributed by atoms with E-state index >= 15 is 0 Å². The van der Waals surface area contributed by atoms with Crippen molar-refractivity contribution in [3.8, 4) is 0 Å². The molecule has 19 heavy (non-hydrogen) atoms. The van der Waals surface area contributed by atoms with Crippen LogP contribution < -0.4 is 11.1 Å². The van der Waals surface area contributed by atoms with Crippen molar-refractivity contribution in [2.24, 2.45) is 0 Å². The number of nitrogens with zero attached hydrogens (tertiary/aromatic N) is 1. The van der Waals surface area contributed by atoms with Crippen molar-refractivity contribution in [1.29, 1.82) is 0 Å². The van der Waals surface area contributed by atoms with Gasteiger partial charge in [-0.25, -0.2) is 4.98 Å². The summed E-state index contributed by atoms with van der Waals surface area (Å²) in [5.41, 5.74) is 3.48. The van der Waals surface area contributed by atoms with Crippen molar-refractivity contribution >= 4 is 11.6 Å². The fourth-order valence-electron chi connectivity index (χ4n) is 1.71. The monoisotopic (exact) mass is 277 g/mol. The van der Waals surface area contributed by atoms with Gasteiger partial charge in [0.05, 0.1) is 11.2 Å². The average Bonchev–Trinajstić information content (AvgIpc) is 2.24. The number of nitrogens with one attached hydrogen (secondary N) is 1. The van der Waals surface area contributed by atoms with Crippen LogP contribution in [0.4, 0.5) is 24.8 Å². The molecule has 7 heteroatoms. The number of rotatable bonds is 5. The molecule has 0 fully saturated rings. The molecule has 0 aliphatic rings. The lowest BCUT2D eigenvalue weighted by Crippen LogP contribution is -2.33. The van der Waals surface area contributed by atoms with Gasteiger partial charge >= 0.3 is 6.18 Å². The van der Waals surface area contributed by atoms with Crippen LogP contribution in [0.3, 0.4) is 0 Å². The number of nitrogens with two attached hydrogens (primary N) is 1. The SMILES string of the molecule is CCCC(C)(O)CNc1cc(C(F)(F)F)cc(N)n1. The molecule has 4 nitrogen and oxygen atoms in total. The van der Waals surface area contributed by atoms with Gasteiger partial charge < -0.3 is 16.2 Å². The Balaban J connectivity index is 2.82. The summed E-state index contributed by atoms with van der Waals surface area (Å²) in [6.45, 7) is 3.63. The smallest absolute Gasteiger partial charge is 0.388 e. The van der Waals surface area contributed by atoms with E-state index in [0.29, 0.717) is 6.42 Å². The third-order valence-corrected chi connectivity index (χ3v) is 2.61. The molecule has 0 bridgehead atoms. The van der Waals surface area contributed by atoms with E-state index in [-0.39, 0.29) is 18.2 Å². The van der Waals surface area contributed by atoms with Crippen molar-refractivity contribution in [1.82, 2.24) is 4.98 Å². The molecule has 0 saturated heterocycles. The summed E-state index contributed by atoms with van der Waals surface area (Å²) in [7, 11) is 0. The minimum absolute atomic E-state index is 0.00343. The highest BCUT2D eigenvalue weighted by Crippen LogP contribution is 2.31. The highest BCUT2D eigenvalue weighted by molar-refractivity contribution is 5.47. The Morgan fingerprint density at radius 1 is 1.37 bits per heavy atom. The van der Waals surface area contributed by atoms with Crippen LogP contribution in [-0.4, -0.2) is 22.2 Å². The summed E-state index contributed by atoms with van der Waals surface area (Å²) in [5, 5.41) is 12.6. The molecule has 1 aromatic rings. The number of aromatic nitrogens is 1. The zero-order valence-electron chi connectivity index (χ0n) is 10.9. The number of pyridine rings is 1. The van der Waals surface area contributed by atoms with E-state index < -0.39 is 17.3 Å². The summed E-state index contributed by atoms with van der Waals surface area (Å²) in [6, 6.07) is 1.65. The molecule has 1 heterocycles. The van der Waals surface area contributed by atoms with E-state index in [4.69, 9.17) is 5.73 Å². The van der Waals surface area contributed by atoms with Crippen LogP contribution in [0.1, 0.15) is 32.3 Å². The van der Waals surface area contributed by atoms with E-state index in [1.165, 1.54) is 0 Å². The minimum atomic E-state index is -4.47. The van der Waals surface area contributed by atoms with Crippen LogP contribution >= 0.6 is 0 Å². The maximum absolute atomic E-state index is 12.6. The molecule has 0 aliphatic heterocycles. The Morgan fingerprint density at radius 2 is 2.00 bits per heavy atom. The number of hydrogen-bond donors (Lipinski definition) is 3. The first-order chi connectivity index (χ1) is 8.64. The molecule has 0 spiro atoms. The third kappa shape index (κ3) is 4.94. The standard InChI is InChI=1S/C12H18F3N3O/c1-3-4-11(2,19)7-17-10-6-8(12(13,14)15)5-9(16)18-10/h5-6,19H,3-4,7H2,1-2H3,(H3,16,17,18). The van der Waals surface area contributed by atoms with E-state index in [2.05, 4.69) is 10.3 Å². The second kappa shape index (κ2) is 5.64. The maximum Gasteiger partial charge on any atom is 0.416 e. The maximum atomic E-state index is 12.6. The Labute approximate surface area is 109 Å². The molecule has 0 amide bonds. The molecule has 1 atom stereocenters. The minimum Gasteiger partial charge on any atom is -0.388 e. The second-order valence-electron chi connectivity index (χ2n) is 4.76. The molecule has 0 radical (unpaired) electrons. The Bertz CT molecular complexity index is 433. The van der Waals surface area contributed by atoms with E-state index in [0.717, 1.165) is 18.6 Å². The van der Waals surface area contributed by atoms with Crippen LogP contribution in [0.15, 0.2) is 12.1 Å². The predicted octanol–water partition coefficient (Wildman–Crippen LogP) is 2.65. The van der Waals surface area contributed by atoms with Gasteiger partial charge in [0, 0.05) is 6.54 Å². The molecule has 4 N–H and O–H groups in total. The van der Waals surface area contributed by atoms with Gasteiger partial charge in [0.1, 0.15) is 11.6 Å². The van der Waals surface area contributed by atoms with Gasteiger partial charge in [0.25, 0.3) is 0 Å². The van der Waals surface area contributed by atoms with E-state index in [1.807, 2.05) is 6.92 Å². The molecule has 0 aromatic carbocycles. The predicted molar refractivity (Wildman–Crippen MR) is 67.7 cm³/mol. The zero-order chi connectivity index (χ0) is 14.7. The van der Waals surface area contributed by atoms with Crippen LogP contribution in [0.25, 0.3) is 0 Å². The molecule has 1 unspecified atom stereocenters. The number of alkyl halides is 3. The van der Waals surface area contributed by atoms with Crippen LogP contribution in [0.2, 0.25) is 0 Å². The first-order valence-electron chi connectivity index (χ1n) is 5.95. The molecule has 0 aliphatic carbocycles. The Kier molecular flexibility index (Phi) is 4.62. The van der Waals surface area contributed by atoms with Crippen LogP contribution in [-0.2, 0) is 6.18 Å². The van der Waals surface area contributed by atoms with E-state index in [9.17, 15) is 18.3 Å². The third-order valence-electron chi connectivity index (χ3n) is 2.61. The highest BCUT2D eigenvalue weighted by Gasteiger charge is 2.31. The lowest BCUT2D eigenvalue weighted by molar-refractivity contribution is -0.137. The Hall–Kier alpha value is -1.50. The largest absolute Gasteiger partial charge is 0.416 e. The van der Waals surface area contributed by atoms with Crippen molar-refractivity contribution in [3.05, 3.63) is 17.7 Å². The van der Waals surface area contributed by atoms with Gasteiger partial charge in [0.2, 0.25) is 0 Å². The van der Waals surface area contributed by atoms with Gasteiger partial charge in [-0.3, -0.25) is 0 Å². The average molecular weight is 277 g/mol. The molecular formula is C12H18F3N3O. The van der Waals surface area contributed by atoms with Crippen molar-refractivity contribution in [2.45, 2.75) is 38.5 Å². The highest BCUT2D eigenvalue weighted by atomic mass is 19.4. The van der Waals surface area contributed by atoms with E-state index in [1.54, 1.807) is 6.92 Å². The van der Waals surface area contributed by atoms with Gasteiger partial charge in [-0.05, 0) is 25.5 Å². The van der Waals surface area contributed by atoms with Crippen LogP contribution in [0, 0.1) is 0 Å². The van der Waals surface area contributed by atoms with Crippen LogP contribution in [0.5, 0.6) is 0 Å². The molecule has 108 valence electrons. The summed E-state index contributed by atoms with van der Waals surface area (Å²) >= 11 is 0. The zero-order valence-corrected chi connectivity index (χ0v) is 10.9. The normalized spacial score (nSPS) is 15.1. The quantitative estimate of drug-likeness (QED) is 0.773. The van der Waals surface area contributed by atoms with Gasteiger partial charge in [0.15, 0.2) is 0 Å². The number of hydrogen-bond acceptors (Lipinski definition) is 4. The summed E-state index contributed by atoms with van der Waals surface area (Å²) in [5.74, 6) is -0.212. The number of anilines is 2. The van der Waals surface area contributed by atoms with Gasteiger partial charge in [-0.15, -0.1) is 0 Å². The number of aliphatic hydroxyl groups is 1. The topological polar surface area (TPSA) is 71.2 Å². The van der Waals surface area contributed by atoms with Crippen molar-refractivity contribution in [3.63, 3.8) is 0 Å². The van der Waals surface area contributed by atoms with Gasteiger partial charge in [-0.1, -0.05) is 13.3 Å². The lowest BCUT2D eigenvalue weighted by atomic mass is 10.0. The lowest BCUT2D eigenvalue weighted by Gasteiger charge is -2.23. The fourth-order valence-corrected chi connectivity index (χ4v) is 1.71. The molecule has 1 rings (SSSR count). The summed E-state index contributed by atoms with van der Waals surface area (Å²) < 4.78 is 37.7. The number of halogens is 3.